The third kappa shape index (κ3) is 11.6. The molecular weight excluding hydrogens is 562 g/mol. The highest BCUT2D eigenvalue weighted by molar-refractivity contribution is 7.80. The Hall–Kier alpha value is -3.74. The van der Waals surface area contributed by atoms with Gasteiger partial charge in [0.25, 0.3) is 0 Å². The molecule has 0 aliphatic rings. The van der Waals surface area contributed by atoms with Gasteiger partial charge in [-0.25, -0.2) is 4.79 Å². The Morgan fingerprint density at radius 3 is 2.21 bits per heavy atom. The standard InChI is InChI=1S/C29H43N5O7S/c1-17(2)13-23(32-27(38)22(9-10-25(35)36)34-29(40)41-15-18(3)4)28(39)33-24(16-42)26(37)30-12-11-19-14-31-21-8-6-5-7-20(19)21/h5-8,14,17-18,22-24,31,42H,9-13,15-16H2,1-4H3,(H,30,37)(H,32,38)(H,33,39)(H,34,40)(H,35,36)/t22-,23-,24-/m0/s1. The number of amides is 4. The molecule has 0 aliphatic heterocycles. The van der Waals surface area contributed by atoms with Gasteiger partial charge in [0.1, 0.15) is 18.1 Å². The Kier molecular flexibility index (Phi) is 14.2. The van der Waals surface area contributed by atoms with Crippen molar-refractivity contribution in [1.82, 2.24) is 26.3 Å². The average molecular weight is 606 g/mol. The van der Waals surface area contributed by atoms with Crippen LogP contribution in [0.1, 0.15) is 52.5 Å². The van der Waals surface area contributed by atoms with E-state index in [-0.39, 0.29) is 43.5 Å². The molecule has 12 nitrogen and oxygen atoms in total. The van der Waals surface area contributed by atoms with Crippen LogP contribution in [0.4, 0.5) is 4.79 Å². The van der Waals surface area contributed by atoms with Crippen LogP contribution in [0.3, 0.4) is 0 Å². The first-order valence-corrected chi connectivity index (χ1v) is 14.7. The molecule has 0 unspecified atom stereocenters. The minimum Gasteiger partial charge on any atom is -0.481 e. The number of carbonyl (C=O) groups excluding carboxylic acids is 4. The number of H-pyrrole nitrogens is 1. The lowest BCUT2D eigenvalue weighted by atomic mass is 10.0. The van der Waals surface area contributed by atoms with Crippen molar-refractivity contribution in [2.75, 3.05) is 18.9 Å². The Balaban J connectivity index is 2.02. The molecule has 3 atom stereocenters. The first kappa shape index (κ1) is 34.5. The zero-order valence-corrected chi connectivity index (χ0v) is 25.5. The summed E-state index contributed by atoms with van der Waals surface area (Å²) in [5.74, 6) is -2.81. The van der Waals surface area contributed by atoms with Gasteiger partial charge in [-0.2, -0.15) is 12.6 Å². The molecule has 0 spiro atoms. The quantitative estimate of drug-likeness (QED) is 0.135. The number of alkyl carbamates (subject to hydrolysis) is 1. The summed E-state index contributed by atoms with van der Waals surface area (Å²) in [6, 6.07) is 4.62. The number of carboxylic acid groups (broad SMARTS) is 1. The van der Waals surface area contributed by atoms with Crippen molar-refractivity contribution in [2.45, 2.75) is 71.5 Å². The van der Waals surface area contributed by atoms with Gasteiger partial charge in [-0.3, -0.25) is 19.2 Å². The number of fused-ring (bicyclic) bond motifs is 1. The van der Waals surface area contributed by atoms with Gasteiger partial charge in [-0.05, 0) is 42.7 Å². The van der Waals surface area contributed by atoms with E-state index in [9.17, 15) is 24.0 Å². The molecule has 0 fully saturated rings. The van der Waals surface area contributed by atoms with Crippen LogP contribution >= 0.6 is 12.6 Å². The first-order chi connectivity index (χ1) is 19.9. The van der Waals surface area contributed by atoms with Crippen LogP contribution in [-0.4, -0.2) is 76.9 Å². The van der Waals surface area contributed by atoms with Crippen LogP contribution in [0.25, 0.3) is 10.9 Å². The molecule has 1 heterocycles. The third-order valence-electron chi connectivity index (χ3n) is 6.33. The average Bonchev–Trinajstić information content (AvgIpc) is 3.34. The van der Waals surface area contributed by atoms with E-state index in [1.807, 2.05) is 58.2 Å². The molecule has 1 aromatic carbocycles. The predicted octanol–water partition coefficient (Wildman–Crippen LogP) is 2.39. The first-order valence-electron chi connectivity index (χ1n) is 14.1. The number of nitrogens with one attached hydrogen (secondary N) is 5. The summed E-state index contributed by atoms with van der Waals surface area (Å²) < 4.78 is 5.07. The van der Waals surface area contributed by atoms with Crippen molar-refractivity contribution >= 4 is 53.3 Å². The lowest BCUT2D eigenvalue weighted by Gasteiger charge is -2.25. The maximum atomic E-state index is 13.2. The molecule has 232 valence electrons. The molecule has 1 aromatic heterocycles. The minimum atomic E-state index is -1.24. The summed E-state index contributed by atoms with van der Waals surface area (Å²) >= 11 is 4.23. The maximum absolute atomic E-state index is 13.2. The molecule has 2 aromatic rings. The van der Waals surface area contributed by atoms with Crippen LogP contribution in [-0.2, 0) is 30.3 Å². The van der Waals surface area contributed by atoms with Gasteiger partial charge in [-0.15, -0.1) is 0 Å². The fraction of sp³-hybridized carbons (Fsp3) is 0.552. The molecular formula is C29H43N5O7S. The lowest BCUT2D eigenvalue weighted by molar-refractivity contribution is -0.137. The number of rotatable bonds is 17. The third-order valence-corrected chi connectivity index (χ3v) is 6.69. The fourth-order valence-electron chi connectivity index (χ4n) is 4.19. The summed E-state index contributed by atoms with van der Waals surface area (Å²) in [5, 5.41) is 20.7. The van der Waals surface area contributed by atoms with Crippen molar-refractivity contribution in [3.63, 3.8) is 0 Å². The van der Waals surface area contributed by atoms with Crippen molar-refractivity contribution in [1.29, 1.82) is 0 Å². The molecule has 13 heteroatoms. The van der Waals surface area contributed by atoms with Gasteiger partial charge in [0.05, 0.1) is 6.61 Å². The van der Waals surface area contributed by atoms with Crippen molar-refractivity contribution < 1.29 is 33.8 Å². The Labute approximate surface area is 251 Å². The number of hydrogen-bond acceptors (Lipinski definition) is 7. The number of hydrogen-bond donors (Lipinski definition) is 7. The van der Waals surface area contributed by atoms with Crippen LogP contribution in [0.5, 0.6) is 0 Å². The topological polar surface area (TPSA) is 179 Å². The van der Waals surface area contributed by atoms with Gasteiger partial charge in [-0.1, -0.05) is 45.9 Å². The zero-order valence-electron chi connectivity index (χ0n) is 24.6. The lowest BCUT2D eigenvalue weighted by Crippen LogP contribution is -2.57. The minimum absolute atomic E-state index is 0.0121. The largest absolute Gasteiger partial charge is 0.481 e. The second-order valence-corrected chi connectivity index (χ2v) is 11.3. The van der Waals surface area contributed by atoms with Gasteiger partial charge in [0, 0.05) is 35.8 Å². The van der Waals surface area contributed by atoms with Crippen LogP contribution < -0.4 is 21.3 Å². The number of aromatic amines is 1. The van der Waals surface area contributed by atoms with E-state index in [2.05, 4.69) is 38.9 Å². The van der Waals surface area contributed by atoms with Gasteiger partial charge in [0.15, 0.2) is 0 Å². The highest BCUT2D eigenvalue weighted by Crippen LogP contribution is 2.17. The summed E-state index contributed by atoms with van der Waals surface area (Å²) in [7, 11) is 0. The van der Waals surface area contributed by atoms with E-state index >= 15 is 0 Å². The molecule has 0 bridgehead atoms. The monoisotopic (exact) mass is 605 g/mol. The maximum Gasteiger partial charge on any atom is 0.407 e. The molecule has 0 radical (unpaired) electrons. The van der Waals surface area contributed by atoms with Crippen molar-refractivity contribution in [2.24, 2.45) is 11.8 Å². The number of carbonyl (C=O) groups is 5. The Morgan fingerprint density at radius 2 is 1.57 bits per heavy atom. The highest BCUT2D eigenvalue weighted by Gasteiger charge is 2.30. The smallest absolute Gasteiger partial charge is 0.407 e. The number of carboxylic acids is 1. The number of ether oxygens (including phenoxy) is 1. The van der Waals surface area contributed by atoms with Crippen molar-refractivity contribution in [3.8, 4) is 0 Å². The fourth-order valence-corrected chi connectivity index (χ4v) is 4.44. The van der Waals surface area contributed by atoms with E-state index in [1.54, 1.807) is 0 Å². The van der Waals surface area contributed by atoms with Crippen LogP contribution in [0, 0.1) is 11.8 Å². The number of para-hydroxylation sites is 1. The second-order valence-electron chi connectivity index (χ2n) is 11.0. The normalized spacial score (nSPS) is 13.3. The van der Waals surface area contributed by atoms with E-state index in [4.69, 9.17) is 9.84 Å². The van der Waals surface area contributed by atoms with E-state index in [0.29, 0.717) is 13.0 Å². The molecule has 6 N–H and O–H groups in total. The summed E-state index contributed by atoms with van der Waals surface area (Å²) in [6.45, 7) is 7.88. The summed E-state index contributed by atoms with van der Waals surface area (Å²) in [6.07, 6.45) is 1.27. The van der Waals surface area contributed by atoms with Crippen LogP contribution in [0.15, 0.2) is 30.5 Å². The van der Waals surface area contributed by atoms with E-state index < -0.39 is 47.9 Å². The predicted molar refractivity (Wildman–Crippen MR) is 162 cm³/mol. The molecule has 0 aliphatic carbocycles. The van der Waals surface area contributed by atoms with Crippen molar-refractivity contribution in [3.05, 3.63) is 36.0 Å². The number of benzene rings is 1. The molecule has 4 amide bonds. The molecule has 0 saturated heterocycles. The number of aromatic nitrogens is 1. The zero-order chi connectivity index (χ0) is 31.2. The SMILES string of the molecule is CC(C)COC(=O)N[C@@H](CCC(=O)O)C(=O)N[C@@H](CC(C)C)C(=O)N[C@@H](CS)C(=O)NCCc1c[nH]c2ccccc12. The molecule has 42 heavy (non-hydrogen) atoms. The molecule has 2 rings (SSSR count). The van der Waals surface area contributed by atoms with Gasteiger partial charge in [0.2, 0.25) is 17.7 Å². The number of thiol groups is 1. The van der Waals surface area contributed by atoms with Gasteiger partial charge >= 0.3 is 12.1 Å². The van der Waals surface area contributed by atoms with E-state index in [1.165, 1.54) is 0 Å². The highest BCUT2D eigenvalue weighted by atomic mass is 32.1. The Morgan fingerprint density at radius 1 is 0.905 bits per heavy atom. The van der Waals surface area contributed by atoms with Gasteiger partial charge < -0.3 is 36.1 Å². The van der Waals surface area contributed by atoms with E-state index in [0.717, 1.165) is 16.5 Å². The number of aliphatic carboxylic acids is 1. The molecule has 0 saturated carbocycles. The summed E-state index contributed by atoms with van der Waals surface area (Å²) in [5.41, 5.74) is 2.06. The Bertz CT molecular complexity index is 1220. The summed E-state index contributed by atoms with van der Waals surface area (Å²) in [4.78, 5) is 65.7. The second kappa shape index (κ2) is 17.3. The van der Waals surface area contributed by atoms with Crippen LogP contribution in [0.2, 0.25) is 0 Å².